The summed E-state index contributed by atoms with van der Waals surface area (Å²) in [7, 11) is 0. The zero-order chi connectivity index (χ0) is 24.7. The Hall–Kier alpha value is -2.13. The Morgan fingerprint density at radius 3 is 2.79 bits per heavy atom. The van der Waals surface area contributed by atoms with Crippen LogP contribution < -0.4 is 10.2 Å². The predicted molar refractivity (Wildman–Crippen MR) is 127 cm³/mol. The highest BCUT2D eigenvalue weighted by atomic mass is 19.3. The molecule has 0 unspecified atom stereocenters. The third-order valence-electron chi connectivity index (χ3n) is 7.36. The maximum Gasteiger partial charge on any atom is 0.289 e. The van der Waals surface area contributed by atoms with Crippen LogP contribution in [0.5, 0.6) is 0 Å². The number of halogens is 2. The minimum absolute atomic E-state index is 0.0409. The van der Waals surface area contributed by atoms with E-state index >= 15 is 0 Å². The van der Waals surface area contributed by atoms with Crippen LogP contribution in [-0.2, 0) is 20.9 Å². The van der Waals surface area contributed by atoms with Crippen LogP contribution >= 0.6 is 0 Å². The van der Waals surface area contributed by atoms with Gasteiger partial charge in [-0.1, -0.05) is 27.2 Å². The highest BCUT2D eigenvalue weighted by molar-refractivity contribution is 5.97. The Kier molecular flexibility index (Phi) is 6.97. The van der Waals surface area contributed by atoms with Gasteiger partial charge in [-0.2, -0.15) is 8.78 Å². The minimum Gasteiger partial charge on any atom is -0.341 e. The zero-order valence-corrected chi connectivity index (χ0v) is 20.7. The molecule has 4 heterocycles. The lowest BCUT2D eigenvalue weighted by Gasteiger charge is -2.41. The molecule has 2 fully saturated rings. The fourth-order valence-corrected chi connectivity index (χ4v) is 5.44. The molecule has 1 aromatic heterocycles. The number of nitrogens with one attached hydrogen (secondary N) is 1. The molecule has 1 N–H and O–H groups in total. The summed E-state index contributed by atoms with van der Waals surface area (Å²) in [5.41, 5.74) is 0.731. The van der Waals surface area contributed by atoms with E-state index in [0.29, 0.717) is 44.7 Å². The largest absolute Gasteiger partial charge is 0.341 e. The molecular formula is C25H37F2N5O2. The van der Waals surface area contributed by atoms with Crippen molar-refractivity contribution in [3.05, 3.63) is 23.5 Å². The molecule has 0 spiro atoms. The summed E-state index contributed by atoms with van der Waals surface area (Å²) in [5.74, 6) is -2.95. The van der Waals surface area contributed by atoms with E-state index in [0.717, 1.165) is 18.5 Å². The van der Waals surface area contributed by atoms with Crippen molar-refractivity contribution in [1.29, 1.82) is 0 Å². The summed E-state index contributed by atoms with van der Waals surface area (Å²) >= 11 is 0. The summed E-state index contributed by atoms with van der Waals surface area (Å²) in [6, 6.07) is 1.68. The molecular weight excluding hydrogens is 440 g/mol. The van der Waals surface area contributed by atoms with E-state index < -0.39 is 5.92 Å². The molecule has 0 aliphatic carbocycles. The monoisotopic (exact) mass is 477 g/mol. The van der Waals surface area contributed by atoms with Crippen molar-refractivity contribution in [2.75, 3.05) is 44.2 Å². The maximum absolute atomic E-state index is 14.6. The van der Waals surface area contributed by atoms with Gasteiger partial charge in [-0.15, -0.1) is 0 Å². The van der Waals surface area contributed by atoms with Gasteiger partial charge in [0.25, 0.3) is 5.92 Å². The SMILES string of the molecule is CCCC(F)(F)c1cc2c(cn1)C(C)(C)CN2C(=O)CN1C[C@@H](C)NC[C@@H]1CN1CCCC1=O. The van der Waals surface area contributed by atoms with Crippen LogP contribution in [0, 0.1) is 0 Å². The first-order chi connectivity index (χ1) is 16.0. The van der Waals surface area contributed by atoms with E-state index in [9.17, 15) is 18.4 Å². The van der Waals surface area contributed by atoms with Gasteiger partial charge in [-0.05, 0) is 19.4 Å². The molecule has 34 heavy (non-hydrogen) atoms. The van der Waals surface area contributed by atoms with Gasteiger partial charge in [0.1, 0.15) is 5.69 Å². The molecule has 3 aliphatic rings. The van der Waals surface area contributed by atoms with Gasteiger partial charge in [0.15, 0.2) is 0 Å². The predicted octanol–water partition coefficient (Wildman–Crippen LogP) is 2.88. The molecule has 3 aliphatic heterocycles. The highest BCUT2D eigenvalue weighted by Crippen LogP contribution is 2.43. The lowest BCUT2D eigenvalue weighted by molar-refractivity contribution is -0.128. The van der Waals surface area contributed by atoms with Gasteiger partial charge >= 0.3 is 0 Å². The average molecular weight is 478 g/mol. The van der Waals surface area contributed by atoms with Crippen LogP contribution in [-0.4, -0.2) is 78.0 Å². The maximum atomic E-state index is 14.6. The Balaban J connectivity index is 1.55. The first-order valence-corrected chi connectivity index (χ1v) is 12.5. The molecule has 7 nitrogen and oxygen atoms in total. The van der Waals surface area contributed by atoms with Crippen molar-refractivity contribution in [1.82, 2.24) is 20.1 Å². The number of carbonyl (C=O) groups is 2. The molecule has 2 amide bonds. The molecule has 0 radical (unpaired) electrons. The van der Waals surface area contributed by atoms with Crippen molar-refractivity contribution in [3.63, 3.8) is 0 Å². The van der Waals surface area contributed by atoms with Crippen molar-refractivity contribution in [3.8, 4) is 0 Å². The number of carbonyl (C=O) groups excluding carboxylic acids is 2. The number of piperazine rings is 1. The number of likely N-dealkylation sites (tertiary alicyclic amines) is 1. The number of hydrogen-bond donors (Lipinski definition) is 1. The molecule has 4 rings (SSSR count). The van der Waals surface area contributed by atoms with Crippen molar-refractivity contribution >= 4 is 17.5 Å². The van der Waals surface area contributed by atoms with E-state index in [1.165, 1.54) is 12.3 Å². The lowest BCUT2D eigenvalue weighted by Crippen LogP contribution is -2.60. The summed E-state index contributed by atoms with van der Waals surface area (Å²) in [5, 5.41) is 3.46. The van der Waals surface area contributed by atoms with Crippen LogP contribution in [0.2, 0.25) is 0 Å². The molecule has 0 saturated carbocycles. The number of rotatable bonds is 7. The second-order valence-electron chi connectivity index (χ2n) is 10.7. The topological polar surface area (TPSA) is 68.8 Å². The molecule has 9 heteroatoms. The van der Waals surface area contributed by atoms with E-state index in [2.05, 4.69) is 22.1 Å². The Bertz CT molecular complexity index is 938. The molecule has 0 aromatic carbocycles. The number of pyridine rings is 1. The fraction of sp³-hybridized carbons (Fsp3) is 0.720. The molecule has 188 valence electrons. The second-order valence-corrected chi connectivity index (χ2v) is 10.7. The first kappa shape index (κ1) is 25.0. The Labute approximate surface area is 200 Å². The highest BCUT2D eigenvalue weighted by Gasteiger charge is 2.42. The van der Waals surface area contributed by atoms with Crippen molar-refractivity contribution < 1.29 is 18.4 Å². The number of hydrogen-bond acceptors (Lipinski definition) is 5. The summed E-state index contributed by atoms with van der Waals surface area (Å²) in [6.07, 6.45) is 3.07. The second kappa shape index (κ2) is 9.49. The van der Waals surface area contributed by atoms with Gasteiger partial charge < -0.3 is 15.1 Å². The number of fused-ring (bicyclic) bond motifs is 1. The number of nitrogens with zero attached hydrogens (tertiary/aromatic N) is 4. The normalized spacial score (nSPS) is 25.2. The quantitative estimate of drug-likeness (QED) is 0.654. The Morgan fingerprint density at radius 1 is 1.35 bits per heavy atom. The van der Waals surface area contributed by atoms with Crippen LogP contribution in [0.25, 0.3) is 0 Å². The standard InChI is InChI=1S/C25H37F2N5O2/c1-5-8-25(26,27)21-10-20-19(12-29-21)24(3,4)16-32(20)23(34)15-31-13-17(2)28-11-18(31)14-30-9-6-7-22(30)33/h10,12,17-18,28H,5-9,11,13-16H2,1-4H3/t17-,18-/m1/s1. The van der Waals surface area contributed by atoms with Crippen LogP contribution in [0.1, 0.15) is 64.6 Å². The molecule has 2 saturated heterocycles. The Morgan fingerprint density at radius 2 is 2.12 bits per heavy atom. The smallest absolute Gasteiger partial charge is 0.289 e. The molecule has 1 aromatic rings. The number of alkyl halides is 2. The summed E-state index contributed by atoms with van der Waals surface area (Å²) < 4.78 is 29.2. The zero-order valence-electron chi connectivity index (χ0n) is 20.7. The minimum atomic E-state index is -3.02. The molecule has 2 atom stereocenters. The van der Waals surface area contributed by atoms with Gasteiger partial charge in [0.2, 0.25) is 11.8 Å². The average Bonchev–Trinajstić information content (AvgIpc) is 3.29. The van der Waals surface area contributed by atoms with Gasteiger partial charge in [-0.3, -0.25) is 19.5 Å². The van der Waals surface area contributed by atoms with Crippen LogP contribution in [0.4, 0.5) is 14.5 Å². The lowest BCUT2D eigenvalue weighted by atomic mass is 9.88. The van der Waals surface area contributed by atoms with Crippen molar-refractivity contribution in [2.24, 2.45) is 0 Å². The fourth-order valence-electron chi connectivity index (χ4n) is 5.44. The van der Waals surface area contributed by atoms with Gasteiger partial charge in [0, 0.05) is 74.8 Å². The van der Waals surface area contributed by atoms with E-state index in [-0.39, 0.29) is 48.0 Å². The van der Waals surface area contributed by atoms with Crippen molar-refractivity contribution in [2.45, 2.75) is 76.8 Å². The molecule has 0 bridgehead atoms. The first-order valence-electron chi connectivity index (χ1n) is 12.5. The summed E-state index contributed by atoms with van der Waals surface area (Å²) in [4.78, 5) is 35.5. The van der Waals surface area contributed by atoms with E-state index in [1.807, 2.05) is 18.7 Å². The van der Waals surface area contributed by atoms with Gasteiger partial charge in [-0.25, -0.2) is 0 Å². The number of aromatic nitrogens is 1. The number of amides is 2. The van der Waals surface area contributed by atoms with E-state index in [1.54, 1.807) is 11.8 Å². The van der Waals surface area contributed by atoms with E-state index in [4.69, 9.17) is 0 Å². The van der Waals surface area contributed by atoms with Crippen LogP contribution in [0.15, 0.2) is 12.3 Å². The number of anilines is 1. The summed E-state index contributed by atoms with van der Waals surface area (Å²) in [6.45, 7) is 11.2. The third kappa shape index (κ3) is 4.96. The third-order valence-corrected chi connectivity index (χ3v) is 7.36. The van der Waals surface area contributed by atoms with Gasteiger partial charge in [0.05, 0.1) is 12.2 Å². The van der Waals surface area contributed by atoms with Crippen LogP contribution in [0.3, 0.4) is 0 Å².